The zero-order chi connectivity index (χ0) is 34.5. The fourth-order valence-corrected chi connectivity index (χ4v) is 6.17. The van der Waals surface area contributed by atoms with Gasteiger partial charge in [-0.1, -0.05) is 52.0 Å². The SMILES string of the molecule is CC(C)c1cccc(C(C)C)c1-n1c2c(c(N3CCN(C(=O)OC(C)(C)C)C[C@@H]3C)nc1=O)C=C(F)/C(=C1/C(=O)C=CC=C1F)N2O. The minimum Gasteiger partial charge on any atom is -0.444 e. The molecule has 0 radical (unpaired) electrons. The highest BCUT2D eigenvalue weighted by atomic mass is 19.1. The molecule has 3 heterocycles. The van der Waals surface area contributed by atoms with E-state index in [0.29, 0.717) is 10.8 Å². The minimum atomic E-state index is -1.09. The first-order valence-corrected chi connectivity index (χ1v) is 15.8. The summed E-state index contributed by atoms with van der Waals surface area (Å²) in [6.07, 6.45) is 3.87. The number of aromatic nitrogens is 2. The number of allylic oxidation sites excluding steroid dienone is 6. The predicted molar refractivity (Wildman–Crippen MR) is 176 cm³/mol. The first kappa shape index (κ1) is 33.8. The smallest absolute Gasteiger partial charge is 0.410 e. The Labute approximate surface area is 272 Å². The minimum absolute atomic E-state index is 0.0583. The number of benzene rings is 1. The molecule has 1 aromatic carbocycles. The van der Waals surface area contributed by atoms with Crippen LogP contribution in [0.2, 0.25) is 0 Å². The Morgan fingerprint density at radius 1 is 1.04 bits per heavy atom. The van der Waals surface area contributed by atoms with E-state index in [1.54, 1.807) is 30.6 Å². The van der Waals surface area contributed by atoms with E-state index >= 15 is 8.78 Å². The highest BCUT2D eigenvalue weighted by Gasteiger charge is 2.39. The second-order valence-electron chi connectivity index (χ2n) is 13.6. The van der Waals surface area contributed by atoms with Crippen molar-refractivity contribution in [1.82, 2.24) is 14.5 Å². The van der Waals surface area contributed by atoms with Crippen molar-refractivity contribution >= 4 is 29.6 Å². The largest absolute Gasteiger partial charge is 0.444 e. The number of para-hydroxylation sites is 1. The highest BCUT2D eigenvalue weighted by Crippen LogP contribution is 2.44. The van der Waals surface area contributed by atoms with Crippen LogP contribution < -0.4 is 15.7 Å². The standard InChI is InChI=1S/C35H41F2N5O5/c1-19(2)22-11-9-12-23(20(3)4)29(22)41-32-24(17-26(37)30(42(32)46)28-25(36)13-10-14-27(28)43)31(38-33(41)44)40-16-15-39(18-21(40)5)34(45)47-35(6,7)8/h9-14,17,19-21,46H,15-16,18H2,1-8H3/b30-28-/t21-/m0/s1. The van der Waals surface area contributed by atoms with Crippen molar-refractivity contribution in [2.24, 2.45) is 0 Å². The van der Waals surface area contributed by atoms with E-state index in [9.17, 15) is 19.6 Å². The number of nitrogens with zero attached hydrogens (tertiary/aromatic N) is 5. The van der Waals surface area contributed by atoms with Crippen LogP contribution in [0.15, 0.2) is 64.1 Å². The Hall–Kier alpha value is -4.58. The summed E-state index contributed by atoms with van der Waals surface area (Å²) in [6.45, 7) is 15.7. The van der Waals surface area contributed by atoms with Crippen molar-refractivity contribution in [2.45, 2.75) is 78.9 Å². The number of hydroxylamine groups is 1. The first-order valence-electron chi connectivity index (χ1n) is 15.8. The molecule has 0 unspecified atom stereocenters. The second-order valence-corrected chi connectivity index (χ2v) is 13.6. The van der Waals surface area contributed by atoms with Gasteiger partial charge < -0.3 is 14.5 Å². The summed E-state index contributed by atoms with van der Waals surface area (Å²) < 4.78 is 38.1. The highest BCUT2D eigenvalue weighted by molar-refractivity contribution is 6.10. The number of rotatable bonds is 4. The van der Waals surface area contributed by atoms with Crippen LogP contribution in [0.4, 0.5) is 25.2 Å². The van der Waals surface area contributed by atoms with Crippen molar-refractivity contribution < 1.29 is 28.3 Å². The molecule has 0 spiro atoms. The lowest BCUT2D eigenvalue weighted by Crippen LogP contribution is -2.55. The first-order chi connectivity index (χ1) is 22.0. The molecule has 47 heavy (non-hydrogen) atoms. The molecular formula is C35H41F2N5O5. The summed E-state index contributed by atoms with van der Waals surface area (Å²) in [4.78, 5) is 47.8. The molecule has 5 rings (SSSR count). The zero-order valence-corrected chi connectivity index (χ0v) is 28.0. The normalized spacial score (nSPS) is 20.1. The van der Waals surface area contributed by atoms with Crippen molar-refractivity contribution in [1.29, 1.82) is 0 Å². The number of hydrogen-bond acceptors (Lipinski definition) is 8. The number of carbonyl (C=O) groups excluding carboxylic acids is 2. The second kappa shape index (κ2) is 12.6. The van der Waals surface area contributed by atoms with Crippen LogP contribution in [0.25, 0.3) is 11.8 Å². The van der Waals surface area contributed by atoms with E-state index in [2.05, 4.69) is 4.98 Å². The molecule has 1 amide bonds. The molecule has 1 saturated heterocycles. The lowest BCUT2D eigenvalue weighted by molar-refractivity contribution is -0.111. The van der Waals surface area contributed by atoms with Crippen molar-refractivity contribution in [2.75, 3.05) is 29.6 Å². The number of ketones is 1. The Bertz CT molecular complexity index is 1790. The van der Waals surface area contributed by atoms with Crippen LogP contribution in [-0.4, -0.2) is 62.8 Å². The zero-order valence-electron chi connectivity index (χ0n) is 28.0. The van der Waals surface area contributed by atoms with Crippen LogP contribution in [-0.2, 0) is 9.53 Å². The number of piperazine rings is 1. The third-order valence-corrected chi connectivity index (χ3v) is 8.33. The number of ether oxygens (including phenoxy) is 1. The maximum atomic E-state index is 16.2. The van der Waals surface area contributed by atoms with Gasteiger partial charge in [-0.2, -0.15) is 4.98 Å². The summed E-state index contributed by atoms with van der Waals surface area (Å²) in [7, 11) is 0. The molecule has 1 atom stereocenters. The average Bonchev–Trinajstić information content (AvgIpc) is 2.97. The third kappa shape index (κ3) is 6.26. The van der Waals surface area contributed by atoms with Gasteiger partial charge in [-0.25, -0.2) is 28.0 Å². The van der Waals surface area contributed by atoms with Crippen molar-refractivity contribution in [3.63, 3.8) is 0 Å². The number of carbonyl (C=O) groups is 2. The molecule has 0 bridgehead atoms. The van der Waals surface area contributed by atoms with Crippen LogP contribution in [0.1, 0.15) is 83.9 Å². The molecule has 2 aliphatic heterocycles. The number of amides is 1. The number of anilines is 2. The fourth-order valence-electron chi connectivity index (χ4n) is 6.17. The van der Waals surface area contributed by atoms with Gasteiger partial charge in [0, 0.05) is 25.7 Å². The summed E-state index contributed by atoms with van der Waals surface area (Å²) in [5.74, 6) is -3.20. The van der Waals surface area contributed by atoms with Crippen LogP contribution in [0.3, 0.4) is 0 Å². The maximum absolute atomic E-state index is 16.2. The molecule has 1 N–H and O–H groups in total. The number of hydrogen-bond donors (Lipinski definition) is 1. The maximum Gasteiger partial charge on any atom is 0.410 e. The molecule has 10 nitrogen and oxygen atoms in total. The average molecular weight is 650 g/mol. The molecular weight excluding hydrogens is 608 g/mol. The molecule has 1 aliphatic carbocycles. The van der Waals surface area contributed by atoms with E-state index in [4.69, 9.17) is 4.74 Å². The van der Waals surface area contributed by atoms with Crippen LogP contribution >= 0.6 is 0 Å². The molecule has 1 fully saturated rings. The Morgan fingerprint density at radius 3 is 2.23 bits per heavy atom. The number of fused-ring (bicyclic) bond motifs is 1. The Kier molecular flexibility index (Phi) is 9.02. The quantitative estimate of drug-likeness (QED) is 0.365. The van der Waals surface area contributed by atoms with Crippen LogP contribution in [0, 0.1) is 0 Å². The van der Waals surface area contributed by atoms with Gasteiger partial charge in [-0.05, 0) is 68.9 Å². The molecule has 3 aliphatic rings. The molecule has 2 aromatic rings. The van der Waals surface area contributed by atoms with Gasteiger partial charge in [-0.15, -0.1) is 0 Å². The monoisotopic (exact) mass is 649 g/mol. The van der Waals surface area contributed by atoms with E-state index in [1.165, 1.54) is 10.6 Å². The van der Waals surface area contributed by atoms with Crippen molar-refractivity contribution in [3.8, 4) is 5.69 Å². The van der Waals surface area contributed by atoms with E-state index in [1.807, 2.05) is 52.8 Å². The molecule has 12 heteroatoms. The van der Waals surface area contributed by atoms with Gasteiger partial charge in [0.15, 0.2) is 17.4 Å². The summed E-state index contributed by atoms with van der Waals surface area (Å²) >= 11 is 0. The van der Waals surface area contributed by atoms with Gasteiger partial charge in [0.25, 0.3) is 0 Å². The summed E-state index contributed by atoms with van der Waals surface area (Å²) in [5, 5.41) is 12.3. The topological polar surface area (TPSA) is 108 Å². The third-order valence-electron chi connectivity index (χ3n) is 8.33. The van der Waals surface area contributed by atoms with Gasteiger partial charge in [0.05, 0.1) is 16.8 Å². The lowest BCUT2D eigenvalue weighted by atomic mass is 9.92. The Morgan fingerprint density at radius 2 is 1.68 bits per heavy atom. The van der Waals surface area contributed by atoms with Gasteiger partial charge in [0.1, 0.15) is 22.9 Å². The van der Waals surface area contributed by atoms with E-state index in [0.717, 1.165) is 29.4 Å². The number of halogens is 2. The van der Waals surface area contributed by atoms with E-state index in [-0.39, 0.29) is 48.7 Å². The van der Waals surface area contributed by atoms with Gasteiger partial charge in [-0.3, -0.25) is 10.0 Å². The van der Waals surface area contributed by atoms with Crippen LogP contribution in [0.5, 0.6) is 0 Å². The molecule has 0 saturated carbocycles. The molecule has 1 aromatic heterocycles. The summed E-state index contributed by atoms with van der Waals surface area (Å²) in [5.41, 5.74) is -0.778. The predicted octanol–water partition coefficient (Wildman–Crippen LogP) is 6.69. The van der Waals surface area contributed by atoms with Gasteiger partial charge in [0.2, 0.25) is 0 Å². The lowest BCUT2D eigenvalue weighted by Gasteiger charge is -2.42. The summed E-state index contributed by atoms with van der Waals surface area (Å²) in [6, 6.07) is 5.23. The molecule has 250 valence electrons. The fraction of sp³-hybridized carbons (Fsp3) is 0.429. The van der Waals surface area contributed by atoms with Gasteiger partial charge >= 0.3 is 11.8 Å². The van der Waals surface area contributed by atoms with Crippen molar-refractivity contribution in [3.05, 3.63) is 86.5 Å². The van der Waals surface area contributed by atoms with E-state index < -0.39 is 52.1 Å². The Balaban J connectivity index is 1.77.